The second-order valence-electron chi connectivity index (χ2n) is 8.39. The number of fused-ring (bicyclic) bond motifs is 1. The van der Waals surface area contributed by atoms with E-state index in [1.54, 1.807) is 24.1 Å². The Bertz CT molecular complexity index is 1320. The average molecular weight is 454 g/mol. The zero-order chi connectivity index (χ0) is 23.0. The summed E-state index contributed by atoms with van der Waals surface area (Å²) >= 11 is 0. The van der Waals surface area contributed by atoms with Gasteiger partial charge in [0.15, 0.2) is 0 Å². The Labute approximate surface area is 187 Å². The molecule has 32 heavy (non-hydrogen) atoms. The molecule has 7 nitrogen and oxygen atoms in total. The summed E-state index contributed by atoms with van der Waals surface area (Å²) in [6.07, 6.45) is 0. The minimum absolute atomic E-state index is 0.211. The van der Waals surface area contributed by atoms with E-state index in [2.05, 4.69) is 13.8 Å². The van der Waals surface area contributed by atoms with Crippen LogP contribution < -0.4 is 5.56 Å². The highest BCUT2D eigenvalue weighted by molar-refractivity contribution is 7.89. The first kappa shape index (κ1) is 22.2. The van der Waals surface area contributed by atoms with Crippen molar-refractivity contribution in [3.05, 3.63) is 76.1 Å². The maximum atomic E-state index is 13.2. The van der Waals surface area contributed by atoms with Crippen LogP contribution in [0.1, 0.15) is 35.7 Å². The van der Waals surface area contributed by atoms with Crippen molar-refractivity contribution in [1.82, 2.24) is 13.8 Å². The highest BCUT2D eigenvalue weighted by Gasteiger charge is 2.31. The van der Waals surface area contributed by atoms with Crippen molar-refractivity contribution >= 4 is 26.8 Å². The van der Waals surface area contributed by atoms with Crippen molar-refractivity contribution in [2.45, 2.75) is 24.7 Å². The smallest absolute Gasteiger partial charge is 0.254 e. The molecule has 3 aromatic rings. The number of aromatic nitrogens is 1. The third-order valence-corrected chi connectivity index (χ3v) is 8.01. The molecular weight excluding hydrogens is 426 g/mol. The molecule has 168 valence electrons. The number of carbonyl (C=O) groups is 1. The molecule has 0 N–H and O–H groups in total. The van der Waals surface area contributed by atoms with Gasteiger partial charge in [0, 0.05) is 44.7 Å². The van der Waals surface area contributed by atoms with Crippen LogP contribution in [-0.4, -0.2) is 54.3 Å². The summed E-state index contributed by atoms with van der Waals surface area (Å²) in [5, 5.41) is 0.708. The average Bonchev–Trinajstić information content (AvgIpc) is 2.81. The van der Waals surface area contributed by atoms with Gasteiger partial charge in [0.1, 0.15) is 0 Å². The lowest BCUT2D eigenvalue weighted by molar-refractivity contribution is 0.0699. The van der Waals surface area contributed by atoms with Crippen LogP contribution in [0, 0.1) is 0 Å². The topological polar surface area (TPSA) is 79.7 Å². The van der Waals surface area contributed by atoms with Crippen LogP contribution in [0.15, 0.2) is 64.3 Å². The Morgan fingerprint density at radius 1 is 0.938 bits per heavy atom. The number of rotatable bonds is 4. The molecule has 1 aromatic heterocycles. The lowest BCUT2D eigenvalue weighted by Crippen LogP contribution is -2.50. The Morgan fingerprint density at radius 2 is 1.56 bits per heavy atom. The van der Waals surface area contributed by atoms with Gasteiger partial charge in [-0.05, 0) is 29.7 Å². The second kappa shape index (κ2) is 8.52. The summed E-state index contributed by atoms with van der Waals surface area (Å²) in [5.74, 6) is 0.0736. The number of pyridine rings is 1. The quantitative estimate of drug-likeness (QED) is 0.609. The molecule has 1 saturated heterocycles. The maximum absolute atomic E-state index is 13.2. The standard InChI is InChI=1S/C24H27N3O4S/c1-17(2)18-8-10-19(11-9-18)32(30,31)27-14-12-26(13-15-27)24(29)21-16-23(28)25(3)22-7-5-4-6-20(21)22/h4-11,16-17H,12-15H2,1-3H3. The van der Waals surface area contributed by atoms with Gasteiger partial charge in [-0.3, -0.25) is 9.59 Å². The van der Waals surface area contributed by atoms with E-state index in [-0.39, 0.29) is 42.5 Å². The fourth-order valence-electron chi connectivity index (χ4n) is 4.06. The number of hydrogen-bond acceptors (Lipinski definition) is 4. The van der Waals surface area contributed by atoms with Crippen molar-refractivity contribution in [3.63, 3.8) is 0 Å². The number of sulfonamides is 1. The Kier molecular flexibility index (Phi) is 5.92. The molecule has 0 bridgehead atoms. The predicted molar refractivity (Wildman–Crippen MR) is 124 cm³/mol. The number of piperazine rings is 1. The SMILES string of the molecule is CC(C)c1ccc(S(=O)(=O)N2CCN(C(=O)c3cc(=O)n(C)c4ccccc34)CC2)cc1. The lowest BCUT2D eigenvalue weighted by Gasteiger charge is -2.34. The molecular formula is C24H27N3O4S. The molecule has 0 spiro atoms. The van der Waals surface area contributed by atoms with Gasteiger partial charge < -0.3 is 9.47 Å². The fourth-order valence-corrected chi connectivity index (χ4v) is 5.49. The largest absolute Gasteiger partial charge is 0.336 e. The van der Waals surface area contributed by atoms with Gasteiger partial charge in [-0.25, -0.2) is 8.42 Å². The molecule has 8 heteroatoms. The van der Waals surface area contributed by atoms with Gasteiger partial charge in [0.05, 0.1) is 16.0 Å². The molecule has 1 fully saturated rings. The highest BCUT2D eigenvalue weighted by atomic mass is 32.2. The summed E-state index contributed by atoms with van der Waals surface area (Å²) in [6, 6.07) is 15.6. The lowest BCUT2D eigenvalue weighted by atomic mass is 10.0. The third-order valence-electron chi connectivity index (χ3n) is 6.09. The molecule has 0 unspecified atom stereocenters. The first-order valence-electron chi connectivity index (χ1n) is 10.7. The summed E-state index contributed by atoms with van der Waals surface area (Å²) in [4.78, 5) is 27.5. The predicted octanol–water partition coefficient (Wildman–Crippen LogP) is 2.81. The fraction of sp³-hybridized carbons (Fsp3) is 0.333. The number of benzene rings is 2. The van der Waals surface area contributed by atoms with Crippen LogP contribution in [0.25, 0.3) is 10.9 Å². The van der Waals surface area contributed by atoms with Crippen molar-refractivity contribution in [2.75, 3.05) is 26.2 Å². The van der Waals surface area contributed by atoms with E-state index in [1.165, 1.54) is 14.9 Å². The number of hydrogen-bond donors (Lipinski definition) is 0. The van der Waals surface area contributed by atoms with E-state index in [4.69, 9.17) is 0 Å². The molecule has 2 aromatic carbocycles. The van der Waals surface area contributed by atoms with Gasteiger partial charge in [-0.1, -0.05) is 44.2 Å². The van der Waals surface area contributed by atoms with E-state index in [0.717, 1.165) is 5.56 Å². The van der Waals surface area contributed by atoms with Crippen LogP contribution in [-0.2, 0) is 17.1 Å². The van der Waals surface area contributed by atoms with Crippen molar-refractivity contribution in [3.8, 4) is 0 Å². The molecule has 1 aliphatic heterocycles. The molecule has 0 saturated carbocycles. The van der Waals surface area contributed by atoms with Crippen LogP contribution >= 0.6 is 0 Å². The molecule has 1 amide bonds. The van der Waals surface area contributed by atoms with E-state index in [1.807, 2.05) is 36.4 Å². The number of aryl methyl sites for hydroxylation is 1. The molecule has 4 rings (SSSR count). The number of nitrogens with zero attached hydrogens (tertiary/aromatic N) is 3. The van der Waals surface area contributed by atoms with Crippen LogP contribution in [0.3, 0.4) is 0 Å². The van der Waals surface area contributed by atoms with Gasteiger partial charge in [0.2, 0.25) is 10.0 Å². The molecule has 2 heterocycles. The molecule has 0 aliphatic carbocycles. The monoisotopic (exact) mass is 453 g/mol. The normalized spacial score (nSPS) is 15.4. The van der Waals surface area contributed by atoms with E-state index in [0.29, 0.717) is 22.4 Å². The number of carbonyl (C=O) groups excluding carboxylic acids is 1. The van der Waals surface area contributed by atoms with Crippen molar-refractivity contribution in [1.29, 1.82) is 0 Å². The third kappa shape index (κ3) is 3.96. The summed E-state index contributed by atoms with van der Waals surface area (Å²) in [5.41, 5.74) is 1.87. The van der Waals surface area contributed by atoms with Crippen LogP contribution in [0.2, 0.25) is 0 Å². The first-order valence-corrected chi connectivity index (χ1v) is 12.1. The van der Waals surface area contributed by atoms with Gasteiger partial charge in [-0.2, -0.15) is 4.31 Å². The maximum Gasteiger partial charge on any atom is 0.254 e. The Morgan fingerprint density at radius 3 is 2.19 bits per heavy atom. The van der Waals surface area contributed by atoms with E-state index < -0.39 is 10.0 Å². The minimum Gasteiger partial charge on any atom is -0.336 e. The number of amides is 1. The molecule has 1 aliphatic rings. The Hall–Kier alpha value is -2.97. The zero-order valence-corrected chi connectivity index (χ0v) is 19.3. The summed E-state index contributed by atoms with van der Waals surface area (Å²) in [6.45, 7) is 5.08. The molecule has 0 radical (unpaired) electrons. The van der Waals surface area contributed by atoms with Gasteiger partial charge >= 0.3 is 0 Å². The van der Waals surface area contributed by atoms with Crippen LogP contribution in [0.5, 0.6) is 0 Å². The van der Waals surface area contributed by atoms with Gasteiger partial charge in [-0.15, -0.1) is 0 Å². The summed E-state index contributed by atoms with van der Waals surface area (Å²) in [7, 11) is -1.95. The van der Waals surface area contributed by atoms with E-state index >= 15 is 0 Å². The summed E-state index contributed by atoms with van der Waals surface area (Å²) < 4.78 is 29.0. The van der Waals surface area contributed by atoms with E-state index in [9.17, 15) is 18.0 Å². The van der Waals surface area contributed by atoms with Crippen LogP contribution in [0.4, 0.5) is 0 Å². The van der Waals surface area contributed by atoms with Crippen molar-refractivity contribution in [2.24, 2.45) is 7.05 Å². The van der Waals surface area contributed by atoms with Gasteiger partial charge in [0.25, 0.3) is 11.5 Å². The Balaban J connectivity index is 1.53. The van der Waals surface area contributed by atoms with Crippen molar-refractivity contribution < 1.29 is 13.2 Å². The zero-order valence-electron chi connectivity index (χ0n) is 18.5. The molecule has 0 atom stereocenters. The second-order valence-corrected chi connectivity index (χ2v) is 10.3. The first-order chi connectivity index (χ1) is 15.2. The number of para-hydroxylation sites is 1. The minimum atomic E-state index is -3.62. The highest BCUT2D eigenvalue weighted by Crippen LogP contribution is 2.23.